The standard InChI is InChI=1S/C19H21N3O5/c1-26-17-5-3-2-4-16(17)20-10-12-21(13-11-20)18(23)14-27-19(24)15-6-8-22(25)9-7-15/h2-9H,10-14H2,1H3. The van der Waals surface area contributed by atoms with Crippen molar-refractivity contribution in [1.29, 1.82) is 0 Å². The smallest absolute Gasteiger partial charge is 0.339 e. The number of esters is 1. The molecule has 0 unspecified atom stereocenters. The molecular weight excluding hydrogens is 350 g/mol. The van der Waals surface area contributed by atoms with Gasteiger partial charge in [-0.3, -0.25) is 4.79 Å². The maximum Gasteiger partial charge on any atom is 0.339 e. The summed E-state index contributed by atoms with van der Waals surface area (Å²) in [6.45, 7) is 2.09. The van der Waals surface area contributed by atoms with E-state index in [0.717, 1.165) is 11.4 Å². The Kier molecular flexibility index (Phi) is 5.75. The van der Waals surface area contributed by atoms with Crippen molar-refractivity contribution in [3.63, 3.8) is 0 Å². The van der Waals surface area contributed by atoms with Gasteiger partial charge in [-0.1, -0.05) is 12.1 Å². The van der Waals surface area contributed by atoms with Gasteiger partial charge in [0, 0.05) is 38.3 Å². The van der Waals surface area contributed by atoms with E-state index < -0.39 is 5.97 Å². The summed E-state index contributed by atoms with van der Waals surface area (Å²) < 4.78 is 11.0. The number of carbonyl (C=O) groups is 2. The summed E-state index contributed by atoms with van der Waals surface area (Å²) in [5, 5.41) is 11.0. The lowest BCUT2D eigenvalue weighted by molar-refractivity contribution is -0.605. The summed E-state index contributed by atoms with van der Waals surface area (Å²) in [6, 6.07) is 10.5. The minimum Gasteiger partial charge on any atom is -0.619 e. The molecule has 0 radical (unpaired) electrons. The van der Waals surface area contributed by atoms with Crippen LogP contribution in [0.2, 0.25) is 0 Å². The van der Waals surface area contributed by atoms with Crippen LogP contribution >= 0.6 is 0 Å². The molecule has 1 aromatic heterocycles. The van der Waals surface area contributed by atoms with Gasteiger partial charge in [0.2, 0.25) is 0 Å². The minimum absolute atomic E-state index is 0.232. The van der Waals surface area contributed by atoms with Gasteiger partial charge in [0.15, 0.2) is 19.0 Å². The first-order chi connectivity index (χ1) is 13.1. The number of aromatic nitrogens is 1. The van der Waals surface area contributed by atoms with Gasteiger partial charge in [-0.05, 0) is 12.1 Å². The van der Waals surface area contributed by atoms with Crippen LogP contribution in [-0.4, -0.2) is 56.7 Å². The number of piperazine rings is 1. The van der Waals surface area contributed by atoms with Crippen LogP contribution in [0.25, 0.3) is 0 Å². The molecule has 1 saturated heterocycles. The predicted molar refractivity (Wildman–Crippen MR) is 97.5 cm³/mol. The van der Waals surface area contributed by atoms with E-state index in [1.54, 1.807) is 12.0 Å². The Bertz CT molecular complexity index is 801. The Hall–Kier alpha value is -3.29. The minimum atomic E-state index is -0.628. The Morgan fingerprint density at radius 2 is 1.74 bits per heavy atom. The molecule has 3 rings (SSSR count). The van der Waals surface area contributed by atoms with E-state index in [-0.39, 0.29) is 18.1 Å². The van der Waals surface area contributed by atoms with Crippen LogP contribution < -0.4 is 14.4 Å². The molecule has 8 nitrogen and oxygen atoms in total. The van der Waals surface area contributed by atoms with Crippen LogP contribution in [-0.2, 0) is 9.53 Å². The zero-order valence-corrected chi connectivity index (χ0v) is 15.0. The molecule has 0 bridgehead atoms. The van der Waals surface area contributed by atoms with Crippen LogP contribution in [0, 0.1) is 5.21 Å². The number of amides is 1. The molecule has 1 aliphatic heterocycles. The molecule has 2 heterocycles. The van der Waals surface area contributed by atoms with Gasteiger partial charge in [-0.25, -0.2) is 4.79 Å². The maximum absolute atomic E-state index is 12.3. The third kappa shape index (κ3) is 4.46. The Morgan fingerprint density at radius 3 is 2.41 bits per heavy atom. The molecule has 1 aromatic carbocycles. The number of hydrogen-bond acceptors (Lipinski definition) is 6. The molecule has 0 N–H and O–H groups in total. The Morgan fingerprint density at radius 1 is 1.07 bits per heavy atom. The highest BCUT2D eigenvalue weighted by molar-refractivity contribution is 5.91. The monoisotopic (exact) mass is 371 g/mol. The van der Waals surface area contributed by atoms with Crippen LogP contribution in [0.3, 0.4) is 0 Å². The summed E-state index contributed by atoms with van der Waals surface area (Å²) in [7, 11) is 1.64. The highest BCUT2D eigenvalue weighted by atomic mass is 16.5. The lowest BCUT2D eigenvalue weighted by Crippen LogP contribution is -2.50. The fraction of sp³-hybridized carbons (Fsp3) is 0.316. The number of methoxy groups -OCH3 is 1. The van der Waals surface area contributed by atoms with Crippen LogP contribution in [0.1, 0.15) is 10.4 Å². The second-order valence-electron chi connectivity index (χ2n) is 6.06. The third-order valence-electron chi connectivity index (χ3n) is 4.42. The Labute approximate surface area is 157 Å². The quantitative estimate of drug-likeness (QED) is 0.440. The number of para-hydroxylation sites is 2. The van der Waals surface area contributed by atoms with Crippen molar-refractivity contribution in [3.05, 3.63) is 59.6 Å². The van der Waals surface area contributed by atoms with Crippen molar-refractivity contribution >= 4 is 17.6 Å². The first-order valence-corrected chi connectivity index (χ1v) is 8.60. The summed E-state index contributed by atoms with van der Waals surface area (Å²) in [6.07, 6.45) is 2.41. The van der Waals surface area contributed by atoms with Gasteiger partial charge in [-0.15, -0.1) is 0 Å². The summed E-state index contributed by atoms with van der Waals surface area (Å²) in [5.41, 5.74) is 1.23. The Balaban J connectivity index is 1.50. The van der Waals surface area contributed by atoms with Crippen LogP contribution in [0.4, 0.5) is 5.69 Å². The average Bonchev–Trinajstić information content (AvgIpc) is 2.72. The number of nitrogens with zero attached hydrogens (tertiary/aromatic N) is 3. The number of ether oxygens (including phenoxy) is 2. The lowest BCUT2D eigenvalue weighted by atomic mass is 10.2. The van der Waals surface area contributed by atoms with Crippen molar-refractivity contribution in [2.24, 2.45) is 0 Å². The SMILES string of the molecule is COc1ccccc1N1CCN(C(=O)COC(=O)c2cc[n+]([O-])cc2)CC1. The van der Waals surface area contributed by atoms with E-state index in [1.165, 1.54) is 24.5 Å². The fourth-order valence-corrected chi connectivity index (χ4v) is 2.94. The van der Waals surface area contributed by atoms with Crippen molar-refractivity contribution in [1.82, 2.24) is 4.90 Å². The average molecular weight is 371 g/mol. The molecule has 1 fully saturated rings. The van der Waals surface area contributed by atoms with Crippen molar-refractivity contribution in [2.75, 3.05) is 44.8 Å². The summed E-state index contributed by atoms with van der Waals surface area (Å²) in [4.78, 5) is 28.1. The number of benzene rings is 1. The van der Waals surface area contributed by atoms with Gasteiger partial charge < -0.3 is 24.5 Å². The molecular formula is C19H21N3O5. The molecule has 8 heteroatoms. The van der Waals surface area contributed by atoms with E-state index in [2.05, 4.69) is 4.90 Å². The summed E-state index contributed by atoms with van der Waals surface area (Å²) >= 11 is 0. The largest absolute Gasteiger partial charge is 0.619 e. The van der Waals surface area contributed by atoms with Gasteiger partial charge in [0.05, 0.1) is 18.4 Å². The first kappa shape index (κ1) is 18.5. The molecule has 0 saturated carbocycles. The molecule has 0 atom stereocenters. The second-order valence-corrected chi connectivity index (χ2v) is 6.06. The normalized spacial score (nSPS) is 14.0. The second kappa shape index (κ2) is 8.39. The van der Waals surface area contributed by atoms with Crippen LogP contribution in [0.5, 0.6) is 5.75 Å². The molecule has 0 aliphatic carbocycles. The van der Waals surface area contributed by atoms with E-state index in [9.17, 15) is 14.8 Å². The number of hydrogen-bond donors (Lipinski definition) is 0. The van der Waals surface area contributed by atoms with Gasteiger partial charge in [0.25, 0.3) is 5.91 Å². The van der Waals surface area contributed by atoms with Crippen molar-refractivity contribution < 1.29 is 23.8 Å². The molecule has 0 spiro atoms. The van der Waals surface area contributed by atoms with Gasteiger partial charge in [0.1, 0.15) is 5.75 Å². The third-order valence-corrected chi connectivity index (χ3v) is 4.42. The number of pyridine rings is 1. The topological polar surface area (TPSA) is 86.0 Å². The zero-order valence-electron chi connectivity index (χ0n) is 15.0. The molecule has 1 amide bonds. The molecule has 142 valence electrons. The number of anilines is 1. The van der Waals surface area contributed by atoms with Crippen LogP contribution in [0.15, 0.2) is 48.8 Å². The zero-order chi connectivity index (χ0) is 19.2. The highest BCUT2D eigenvalue weighted by Crippen LogP contribution is 2.28. The predicted octanol–water partition coefficient (Wildman–Crippen LogP) is 0.834. The van der Waals surface area contributed by atoms with Crippen molar-refractivity contribution in [2.45, 2.75) is 0 Å². The summed E-state index contributed by atoms with van der Waals surface area (Å²) in [5.74, 6) is -0.0667. The van der Waals surface area contributed by atoms with E-state index >= 15 is 0 Å². The van der Waals surface area contributed by atoms with E-state index in [1.807, 2.05) is 24.3 Å². The fourth-order valence-electron chi connectivity index (χ4n) is 2.94. The lowest BCUT2D eigenvalue weighted by Gasteiger charge is -2.36. The molecule has 27 heavy (non-hydrogen) atoms. The number of rotatable bonds is 5. The number of carbonyl (C=O) groups excluding carboxylic acids is 2. The first-order valence-electron chi connectivity index (χ1n) is 8.60. The maximum atomic E-state index is 12.3. The molecule has 1 aliphatic rings. The van der Waals surface area contributed by atoms with Gasteiger partial charge >= 0.3 is 5.97 Å². The van der Waals surface area contributed by atoms with E-state index in [0.29, 0.717) is 30.9 Å². The van der Waals surface area contributed by atoms with E-state index in [4.69, 9.17) is 9.47 Å². The van der Waals surface area contributed by atoms with Gasteiger partial charge in [-0.2, -0.15) is 4.73 Å². The van der Waals surface area contributed by atoms with Crippen molar-refractivity contribution in [3.8, 4) is 5.75 Å². The molecule has 2 aromatic rings. The highest BCUT2D eigenvalue weighted by Gasteiger charge is 2.23.